The standard InChI is InChI=1S/C2H3N3O/c6-2-1-3-5-4-2/h3H,1H2/q+1. The minimum absolute atomic E-state index is 0.199. The quantitative estimate of drug-likeness (QED) is 0.402. The number of nitrogens with one attached hydrogen (secondary N) is 1. The van der Waals surface area contributed by atoms with Gasteiger partial charge in [0.25, 0.3) is 0 Å². The van der Waals surface area contributed by atoms with Crippen molar-refractivity contribution in [2.45, 2.75) is 0 Å². The van der Waals surface area contributed by atoms with E-state index in [0.717, 1.165) is 0 Å². The number of hydrogen-bond donors (Lipinski definition) is 1. The third kappa shape index (κ3) is 0.357. The van der Waals surface area contributed by atoms with E-state index in [1.807, 2.05) is 0 Å². The zero-order valence-corrected chi connectivity index (χ0v) is 3.01. The zero-order chi connectivity index (χ0) is 4.41. The van der Waals surface area contributed by atoms with Crippen LogP contribution in [0.15, 0.2) is 5.22 Å². The van der Waals surface area contributed by atoms with Gasteiger partial charge in [-0.15, -0.1) is 0 Å². The summed E-state index contributed by atoms with van der Waals surface area (Å²) in [6.45, 7) is 0.264. The average Bonchev–Trinajstić information content (AvgIpc) is 1.86. The van der Waals surface area contributed by atoms with Crippen molar-refractivity contribution in [3.63, 3.8) is 0 Å². The predicted octanol–water partition coefficient (Wildman–Crippen LogP) is -1.18. The van der Waals surface area contributed by atoms with Crippen LogP contribution >= 0.6 is 0 Å². The Bertz CT molecular complexity index is 97.0. The Balaban J connectivity index is 2.59. The van der Waals surface area contributed by atoms with Gasteiger partial charge in [0.2, 0.25) is 6.54 Å². The van der Waals surface area contributed by atoms with Crippen molar-refractivity contribution in [2.75, 3.05) is 6.54 Å². The summed E-state index contributed by atoms with van der Waals surface area (Å²) in [6, 6.07) is 0. The summed E-state index contributed by atoms with van der Waals surface area (Å²) in [5, 5.41) is 6.30. The lowest BCUT2D eigenvalue weighted by Crippen LogP contribution is -2.08. The van der Waals surface area contributed by atoms with Crippen molar-refractivity contribution in [1.82, 2.24) is 10.5 Å². The van der Waals surface area contributed by atoms with Crippen molar-refractivity contribution >= 4 is 5.91 Å². The van der Waals surface area contributed by atoms with E-state index in [9.17, 15) is 4.79 Å². The van der Waals surface area contributed by atoms with Gasteiger partial charge in [0.1, 0.15) is 10.3 Å². The molecule has 1 amide bonds. The van der Waals surface area contributed by atoms with Crippen molar-refractivity contribution in [1.29, 1.82) is 0 Å². The molecule has 0 aliphatic carbocycles. The highest BCUT2D eigenvalue weighted by atomic mass is 16.2. The number of hydrogen-bond acceptors (Lipinski definition) is 3. The van der Waals surface area contributed by atoms with Gasteiger partial charge in [-0.1, -0.05) is 0 Å². The topological polar surface area (TPSA) is 55.6 Å². The van der Waals surface area contributed by atoms with Crippen LogP contribution in [0.1, 0.15) is 0 Å². The Morgan fingerprint density at radius 2 is 2.83 bits per heavy atom. The monoisotopic (exact) mass is 85.0 g/mol. The molecule has 0 unspecified atom stereocenters. The first-order chi connectivity index (χ1) is 2.89. The highest BCUT2D eigenvalue weighted by Gasteiger charge is 2.14. The largest absolute Gasteiger partial charge is 0.421 e. The molecule has 1 aliphatic heterocycles. The normalized spacial score (nSPS) is 18.3. The lowest BCUT2D eigenvalue weighted by Gasteiger charge is -1.59. The third-order valence-electron chi connectivity index (χ3n) is 0.463. The SMILES string of the molecule is O=C1CNN=[N+]1. The molecule has 0 bridgehead atoms. The van der Waals surface area contributed by atoms with Gasteiger partial charge in [-0.2, -0.15) is 5.43 Å². The smallest absolute Gasteiger partial charge is 0.235 e. The van der Waals surface area contributed by atoms with Crippen LogP contribution in [-0.4, -0.2) is 12.5 Å². The summed E-state index contributed by atoms with van der Waals surface area (Å²) in [4.78, 5) is 9.92. The fourth-order valence-electron chi connectivity index (χ4n) is 0.229. The van der Waals surface area contributed by atoms with Gasteiger partial charge < -0.3 is 0 Å². The Hall–Kier alpha value is -0.930. The van der Waals surface area contributed by atoms with Crippen molar-refractivity contribution < 1.29 is 4.79 Å². The number of amides is 1. The molecule has 0 atom stereocenters. The Kier molecular flexibility index (Phi) is 0.567. The fraction of sp³-hybridized carbons (Fsp3) is 0.500. The number of nitrogens with zero attached hydrogens (tertiary/aromatic N) is 2. The summed E-state index contributed by atoms with van der Waals surface area (Å²) in [5.74, 6) is -0.199. The molecule has 0 saturated heterocycles. The molecule has 4 heteroatoms. The van der Waals surface area contributed by atoms with Gasteiger partial charge in [-0.05, 0) is 0 Å². The van der Waals surface area contributed by atoms with Crippen molar-refractivity contribution in [3.8, 4) is 0 Å². The maximum Gasteiger partial charge on any atom is 0.421 e. The number of carbonyl (C=O) groups excluding carboxylic acids is 1. The van der Waals surface area contributed by atoms with Crippen LogP contribution in [0.3, 0.4) is 0 Å². The molecule has 0 aromatic carbocycles. The molecule has 0 fully saturated rings. The van der Waals surface area contributed by atoms with Crippen LogP contribution in [0.4, 0.5) is 0 Å². The molecule has 0 aromatic rings. The zero-order valence-electron chi connectivity index (χ0n) is 3.01. The molecule has 0 aromatic heterocycles. The molecule has 4 nitrogen and oxygen atoms in total. The van der Waals surface area contributed by atoms with Gasteiger partial charge in [0.15, 0.2) is 0 Å². The lowest BCUT2D eigenvalue weighted by molar-refractivity contribution is -0.117. The Morgan fingerprint density at radius 3 is 3.00 bits per heavy atom. The van der Waals surface area contributed by atoms with Crippen LogP contribution in [-0.2, 0) is 4.79 Å². The minimum atomic E-state index is -0.199. The molecule has 1 N–H and O–H groups in total. The maximum atomic E-state index is 9.92. The van der Waals surface area contributed by atoms with Crippen LogP contribution < -0.4 is 10.5 Å². The van der Waals surface area contributed by atoms with E-state index in [-0.39, 0.29) is 12.5 Å². The molecule has 1 radical (unpaired) electrons. The molecule has 1 rings (SSSR count). The van der Waals surface area contributed by atoms with E-state index in [1.54, 1.807) is 0 Å². The molecule has 1 heterocycles. The van der Waals surface area contributed by atoms with Gasteiger partial charge in [0, 0.05) is 0 Å². The number of carbonyl (C=O) groups is 1. The molecular weight excluding hydrogens is 82.0 g/mol. The maximum absolute atomic E-state index is 9.92. The second-order valence-electron chi connectivity index (χ2n) is 0.929. The van der Waals surface area contributed by atoms with Crippen LogP contribution in [0.2, 0.25) is 0 Å². The van der Waals surface area contributed by atoms with E-state index in [1.165, 1.54) is 0 Å². The van der Waals surface area contributed by atoms with Gasteiger partial charge in [-0.3, -0.25) is 0 Å². The van der Waals surface area contributed by atoms with E-state index >= 15 is 0 Å². The van der Waals surface area contributed by atoms with Gasteiger partial charge >= 0.3 is 5.91 Å². The number of rotatable bonds is 0. The lowest BCUT2D eigenvalue weighted by atomic mass is 10.7. The second kappa shape index (κ2) is 1.04. The summed E-state index contributed by atoms with van der Waals surface area (Å²) in [5.41, 5.74) is 2.38. The minimum Gasteiger partial charge on any atom is -0.235 e. The molecule has 0 saturated carbocycles. The first-order valence-corrected chi connectivity index (χ1v) is 1.56. The second-order valence-corrected chi connectivity index (χ2v) is 0.929. The molecule has 31 valence electrons. The summed E-state index contributed by atoms with van der Waals surface area (Å²) < 4.78 is 0. The highest BCUT2D eigenvalue weighted by molar-refractivity contribution is 5.77. The predicted molar refractivity (Wildman–Crippen MR) is 17.6 cm³/mol. The van der Waals surface area contributed by atoms with Crippen LogP contribution in [0.5, 0.6) is 0 Å². The summed E-state index contributed by atoms with van der Waals surface area (Å²) >= 11 is 0. The highest BCUT2D eigenvalue weighted by Crippen LogP contribution is 1.68. The molecule has 1 aliphatic rings. The third-order valence-corrected chi connectivity index (χ3v) is 0.463. The summed E-state index contributed by atoms with van der Waals surface area (Å²) in [7, 11) is 0. The summed E-state index contributed by atoms with van der Waals surface area (Å²) in [6.07, 6.45) is 0. The Morgan fingerprint density at radius 1 is 2.00 bits per heavy atom. The first-order valence-electron chi connectivity index (χ1n) is 1.56. The fourth-order valence-corrected chi connectivity index (χ4v) is 0.229. The van der Waals surface area contributed by atoms with E-state index in [2.05, 4.69) is 15.8 Å². The van der Waals surface area contributed by atoms with Crippen LogP contribution in [0.25, 0.3) is 0 Å². The van der Waals surface area contributed by atoms with E-state index < -0.39 is 0 Å². The van der Waals surface area contributed by atoms with Gasteiger partial charge in [-0.25, -0.2) is 4.79 Å². The van der Waals surface area contributed by atoms with Gasteiger partial charge in [0.05, 0.1) is 0 Å². The first kappa shape index (κ1) is 3.27. The van der Waals surface area contributed by atoms with Crippen LogP contribution in [0, 0.1) is 0 Å². The molecule has 6 heavy (non-hydrogen) atoms. The Labute approximate surface area is 34.2 Å². The van der Waals surface area contributed by atoms with Crippen molar-refractivity contribution in [3.05, 3.63) is 0 Å². The van der Waals surface area contributed by atoms with E-state index in [0.29, 0.717) is 0 Å². The molecular formula is C2H3N3O+. The average molecular weight is 85.1 g/mol. The van der Waals surface area contributed by atoms with Crippen molar-refractivity contribution in [2.24, 2.45) is 5.22 Å². The van der Waals surface area contributed by atoms with E-state index in [4.69, 9.17) is 0 Å². The molecule has 0 spiro atoms.